The summed E-state index contributed by atoms with van der Waals surface area (Å²) in [5.74, 6) is -0.705. The maximum atomic E-state index is 12.3. The van der Waals surface area contributed by atoms with Crippen LogP contribution in [-0.4, -0.2) is 194 Å². The van der Waals surface area contributed by atoms with Gasteiger partial charge in [0.25, 0.3) is 11.8 Å². The van der Waals surface area contributed by atoms with Gasteiger partial charge in [-0.2, -0.15) is 0 Å². The lowest BCUT2D eigenvalue weighted by Crippen LogP contribution is -2.33. The van der Waals surface area contributed by atoms with Crippen LogP contribution >= 0.6 is 0 Å². The van der Waals surface area contributed by atoms with Crippen LogP contribution in [0.1, 0.15) is 91.8 Å². The van der Waals surface area contributed by atoms with Gasteiger partial charge in [0.15, 0.2) is 0 Å². The lowest BCUT2D eigenvalue weighted by atomic mass is 10.1. The molecule has 1 aromatic carbocycles. The van der Waals surface area contributed by atoms with E-state index >= 15 is 0 Å². The van der Waals surface area contributed by atoms with Crippen molar-refractivity contribution >= 4 is 17.8 Å². The lowest BCUT2D eigenvalue weighted by molar-refractivity contribution is -0.145. The third-order valence-corrected chi connectivity index (χ3v) is 9.40. The van der Waals surface area contributed by atoms with Gasteiger partial charge < -0.3 is 61.6 Å². The van der Waals surface area contributed by atoms with Crippen molar-refractivity contribution in [3.05, 3.63) is 35.4 Å². The number of unbranched alkanes of at least 4 members (excludes halogenated alkanes) is 8. The molecule has 0 spiro atoms. The molecule has 1 aliphatic heterocycles. The minimum atomic E-state index is -0.281. The number of amides is 2. The topological polar surface area (TPSA) is 174 Å². The Morgan fingerprint density at radius 2 is 0.651 bits per heavy atom. The molecule has 63 heavy (non-hydrogen) atoms. The van der Waals surface area contributed by atoms with Crippen molar-refractivity contribution in [1.29, 1.82) is 0 Å². The second-order valence-corrected chi connectivity index (χ2v) is 14.5. The molecule has 0 radical (unpaired) electrons. The highest BCUT2D eigenvalue weighted by atomic mass is 16.6. The molecule has 0 saturated carbocycles. The first-order valence-corrected chi connectivity index (χ1v) is 23.2. The second-order valence-electron chi connectivity index (χ2n) is 14.5. The van der Waals surface area contributed by atoms with Gasteiger partial charge in [-0.15, -0.1) is 0 Å². The van der Waals surface area contributed by atoms with Gasteiger partial charge in [0, 0.05) is 6.42 Å². The van der Waals surface area contributed by atoms with E-state index in [-0.39, 0.29) is 37.5 Å². The number of ether oxygens (including phenoxy) is 13. The van der Waals surface area contributed by atoms with Crippen LogP contribution in [0.25, 0.3) is 0 Å². The van der Waals surface area contributed by atoms with Crippen LogP contribution in [0.4, 0.5) is 0 Å². The minimum absolute atomic E-state index is 0.143. The number of imide groups is 1. The number of esters is 1. The van der Waals surface area contributed by atoms with Crippen LogP contribution in [-0.2, 0) is 66.4 Å². The zero-order valence-corrected chi connectivity index (χ0v) is 38.2. The Labute approximate surface area is 376 Å². The minimum Gasteiger partial charge on any atom is -0.463 e. The molecule has 0 saturated heterocycles. The van der Waals surface area contributed by atoms with E-state index < -0.39 is 0 Å². The van der Waals surface area contributed by atoms with Gasteiger partial charge in [0.1, 0.15) is 6.61 Å². The van der Waals surface area contributed by atoms with Crippen LogP contribution in [0, 0.1) is 0 Å². The number of nitrogens with zero attached hydrogens (tertiary/aromatic N) is 1. The molecule has 17 nitrogen and oxygen atoms in total. The van der Waals surface area contributed by atoms with E-state index in [4.69, 9.17) is 61.6 Å². The van der Waals surface area contributed by atoms with Gasteiger partial charge in [-0.05, 0) is 18.6 Å². The summed E-state index contributed by atoms with van der Waals surface area (Å²) in [4.78, 5) is 37.7. The fourth-order valence-electron chi connectivity index (χ4n) is 5.99. The quantitative estimate of drug-likeness (QED) is 0.0488. The van der Waals surface area contributed by atoms with Crippen LogP contribution in [0.2, 0.25) is 0 Å². The maximum absolute atomic E-state index is 12.3. The number of carbonyl (C=O) groups is 3. The van der Waals surface area contributed by atoms with E-state index in [1.54, 1.807) is 24.3 Å². The standard InChI is InChI=1S/C46H79NO16/c1-2-3-4-5-6-7-8-9-10-15-44(48)63-41-40-62-39-38-61-37-36-60-35-34-59-33-32-58-31-30-57-29-28-56-27-26-55-25-24-54-23-22-53-21-20-52-19-18-51-17-16-47-45(49)42-13-11-12-14-43(42)46(47)50/h11-14H,2-10,15-41H2,1H3. The molecule has 0 N–H and O–H groups in total. The van der Waals surface area contributed by atoms with Crippen molar-refractivity contribution in [2.45, 2.75) is 71.1 Å². The van der Waals surface area contributed by atoms with E-state index in [1.165, 1.54) is 49.8 Å². The average Bonchev–Trinajstić information content (AvgIpc) is 3.53. The fraction of sp³-hybridized carbons (Fsp3) is 0.804. The van der Waals surface area contributed by atoms with Gasteiger partial charge in [0.2, 0.25) is 0 Å². The van der Waals surface area contributed by atoms with Crippen molar-refractivity contribution in [1.82, 2.24) is 4.90 Å². The molecule has 17 heteroatoms. The van der Waals surface area contributed by atoms with E-state index in [1.807, 2.05) is 0 Å². The maximum Gasteiger partial charge on any atom is 0.305 e. The van der Waals surface area contributed by atoms with Crippen molar-refractivity contribution in [2.75, 3.05) is 172 Å². The van der Waals surface area contributed by atoms with E-state index in [9.17, 15) is 14.4 Å². The monoisotopic (exact) mass is 902 g/mol. The van der Waals surface area contributed by atoms with Crippen LogP contribution in [0.15, 0.2) is 24.3 Å². The third kappa shape index (κ3) is 32.6. The van der Waals surface area contributed by atoms with Crippen LogP contribution in [0.5, 0.6) is 0 Å². The summed E-state index contributed by atoms with van der Waals surface area (Å²) in [6, 6.07) is 6.81. The summed E-state index contributed by atoms with van der Waals surface area (Å²) in [7, 11) is 0. The highest BCUT2D eigenvalue weighted by molar-refractivity contribution is 6.21. The summed E-state index contributed by atoms with van der Waals surface area (Å²) < 4.78 is 71.1. The molecule has 2 rings (SSSR count). The van der Waals surface area contributed by atoms with E-state index in [0.717, 1.165) is 12.8 Å². The van der Waals surface area contributed by atoms with Gasteiger partial charge in [-0.1, -0.05) is 70.4 Å². The predicted octanol–water partition coefficient (Wildman–Crippen LogP) is 4.95. The van der Waals surface area contributed by atoms with Crippen molar-refractivity contribution in [3.8, 4) is 0 Å². The Morgan fingerprint density at radius 1 is 0.381 bits per heavy atom. The molecule has 0 aromatic heterocycles. The number of carbonyl (C=O) groups excluding carboxylic acids is 3. The SMILES string of the molecule is CCCCCCCCCCCC(=O)OCCOCCOCCOCCOCCOCCOCCOCCOCCOCCOCCOCCOCCN1C(=O)c2ccccc2C1=O. The Bertz CT molecular complexity index is 1190. The normalized spacial score (nSPS) is 12.5. The van der Waals surface area contributed by atoms with Crippen molar-refractivity contribution in [3.63, 3.8) is 0 Å². The Hall–Kier alpha value is -2.65. The predicted molar refractivity (Wildman–Crippen MR) is 234 cm³/mol. The Balaban J connectivity index is 1.14. The summed E-state index contributed by atoms with van der Waals surface area (Å²) in [6.07, 6.45) is 11.5. The molecule has 0 aliphatic carbocycles. The molecule has 0 atom stereocenters. The first-order valence-electron chi connectivity index (χ1n) is 23.2. The number of hydrogen-bond acceptors (Lipinski definition) is 16. The first kappa shape index (κ1) is 56.5. The van der Waals surface area contributed by atoms with Gasteiger partial charge >= 0.3 is 5.97 Å². The summed E-state index contributed by atoms with van der Waals surface area (Å²) in [5.41, 5.74) is 0.877. The lowest BCUT2D eigenvalue weighted by Gasteiger charge is -2.13. The van der Waals surface area contributed by atoms with E-state index in [2.05, 4.69) is 6.92 Å². The third-order valence-electron chi connectivity index (χ3n) is 9.40. The zero-order valence-electron chi connectivity index (χ0n) is 38.2. The number of benzene rings is 1. The Morgan fingerprint density at radius 3 is 0.968 bits per heavy atom. The highest BCUT2D eigenvalue weighted by Crippen LogP contribution is 2.22. The molecular formula is C46H79NO16. The summed E-state index contributed by atoms with van der Waals surface area (Å²) >= 11 is 0. The summed E-state index contributed by atoms with van der Waals surface area (Å²) in [5, 5.41) is 0. The fourth-order valence-corrected chi connectivity index (χ4v) is 5.99. The number of fused-ring (bicyclic) bond motifs is 1. The average molecular weight is 902 g/mol. The molecule has 0 bridgehead atoms. The van der Waals surface area contributed by atoms with Gasteiger partial charge in [0.05, 0.1) is 176 Å². The number of hydrogen-bond donors (Lipinski definition) is 0. The summed E-state index contributed by atoms with van der Waals surface area (Å²) in [6.45, 7) is 13.5. The molecule has 2 amide bonds. The number of rotatable bonds is 49. The van der Waals surface area contributed by atoms with Crippen molar-refractivity contribution < 1.29 is 76.0 Å². The molecule has 1 aromatic rings. The van der Waals surface area contributed by atoms with Gasteiger partial charge in [-0.25, -0.2) is 0 Å². The Kier molecular flexibility index (Phi) is 38.8. The first-order chi connectivity index (χ1) is 31.1. The smallest absolute Gasteiger partial charge is 0.305 e. The molecule has 1 heterocycles. The molecule has 0 unspecified atom stereocenters. The van der Waals surface area contributed by atoms with Crippen LogP contribution in [0.3, 0.4) is 0 Å². The highest BCUT2D eigenvalue weighted by Gasteiger charge is 2.34. The van der Waals surface area contributed by atoms with E-state index in [0.29, 0.717) is 170 Å². The molecule has 0 fully saturated rings. The zero-order chi connectivity index (χ0) is 44.9. The second kappa shape index (κ2) is 43.3. The molecule has 1 aliphatic rings. The largest absolute Gasteiger partial charge is 0.463 e. The van der Waals surface area contributed by atoms with Gasteiger partial charge in [-0.3, -0.25) is 19.3 Å². The molecular weight excluding hydrogens is 822 g/mol. The molecule has 364 valence electrons. The van der Waals surface area contributed by atoms with Crippen molar-refractivity contribution in [2.24, 2.45) is 0 Å². The van der Waals surface area contributed by atoms with Crippen LogP contribution < -0.4 is 0 Å².